The third-order valence-electron chi connectivity index (χ3n) is 4.33. The molecule has 106 valence electrons. The molecule has 0 amide bonds. The molecule has 2 atom stereocenters. The highest BCUT2D eigenvalue weighted by molar-refractivity contribution is 5.29. The van der Waals surface area contributed by atoms with Gasteiger partial charge in [-0.15, -0.1) is 0 Å². The highest BCUT2D eigenvalue weighted by Gasteiger charge is 2.21. The summed E-state index contributed by atoms with van der Waals surface area (Å²) in [7, 11) is 1.79. The molecule has 1 aliphatic carbocycles. The van der Waals surface area contributed by atoms with E-state index < -0.39 is 0 Å². The summed E-state index contributed by atoms with van der Waals surface area (Å²) in [6.45, 7) is 5.36. The first kappa shape index (κ1) is 14.5. The number of benzene rings is 1. The van der Waals surface area contributed by atoms with Gasteiger partial charge < -0.3 is 10.1 Å². The van der Waals surface area contributed by atoms with Crippen molar-refractivity contribution in [2.24, 2.45) is 0 Å². The van der Waals surface area contributed by atoms with E-state index in [1.807, 2.05) is 0 Å². The summed E-state index contributed by atoms with van der Waals surface area (Å²) in [6.07, 6.45) is 5.47. The van der Waals surface area contributed by atoms with Crippen LogP contribution in [0.15, 0.2) is 24.3 Å². The van der Waals surface area contributed by atoms with E-state index in [4.69, 9.17) is 4.74 Å². The summed E-state index contributed by atoms with van der Waals surface area (Å²) >= 11 is 0. The Kier molecular flexibility index (Phi) is 5.41. The van der Waals surface area contributed by atoms with E-state index >= 15 is 0 Å². The minimum absolute atomic E-state index is 0.195. The van der Waals surface area contributed by atoms with Crippen molar-refractivity contribution < 1.29 is 4.74 Å². The van der Waals surface area contributed by atoms with E-state index in [1.165, 1.54) is 30.4 Å². The van der Waals surface area contributed by atoms with Gasteiger partial charge in [-0.3, -0.25) is 0 Å². The maximum absolute atomic E-state index is 5.51. The predicted octanol–water partition coefficient (Wildman–Crippen LogP) is 4.03. The van der Waals surface area contributed by atoms with Crippen molar-refractivity contribution in [3.8, 4) is 0 Å². The molecule has 0 spiro atoms. The largest absolute Gasteiger partial charge is 0.380 e. The van der Waals surface area contributed by atoms with Gasteiger partial charge in [0.1, 0.15) is 0 Å². The molecule has 0 aromatic heterocycles. The number of ether oxygens (including phenoxy) is 1. The Morgan fingerprint density at radius 1 is 1.26 bits per heavy atom. The fourth-order valence-corrected chi connectivity index (χ4v) is 2.71. The average molecular weight is 261 g/mol. The molecule has 19 heavy (non-hydrogen) atoms. The standard InChI is InChI=1S/C17H27NO/c1-4-12-18-17(13(2)19-3)16-10-8-15(9-11-16)14-6-5-7-14/h8-11,13-14,17-18H,4-7,12H2,1-3H3. The maximum atomic E-state index is 5.51. The molecule has 0 heterocycles. The Labute approximate surface area is 117 Å². The van der Waals surface area contributed by atoms with E-state index in [1.54, 1.807) is 7.11 Å². The van der Waals surface area contributed by atoms with Crippen LogP contribution in [0.2, 0.25) is 0 Å². The van der Waals surface area contributed by atoms with Gasteiger partial charge in [-0.2, -0.15) is 0 Å². The van der Waals surface area contributed by atoms with Gasteiger partial charge in [0.15, 0.2) is 0 Å². The summed E-state index contributed by atoms with van der Waals surface area (Å²) in [5.41, 5.74) is 2.85. The van der Waals surface area contributed by atoms with E-state index in [0.717, 1.165) is 18.9 Å². The summed E-state index contributed by atoms with van der Waals surface area (Å²) in [6, 6.07) is 9.46. The zero-order valence-corrected chi connectivity index (χ0v) is 12.5. The van der Waals surface area contributed by atoms with Crippen molar-refractivity contribution in [1.82, 2.24) is 5.32 Å². The van der Waals surface area contributed by atoms with Crippen LogP contribution >= 0.6 is 0 Å². The highest BCUT2D eigenvalue weighted by Crippen LogP contribution is 2.36. The zero-order valence-electron chi connectivity index (χ0n) is 12.5. The van der Waals surface area contributed by atoms with Gasteiger partial charge in [0.05, 0.1) is 12.1 Å². The molecular weight excluding hydrogens is 234 g/mol. The minimum Gasteiger partial charge on any atom is -0.380 e. The molecule has 1 saturated carbocycles. The van der Waals surface area contributed by atoms with Crippen LogP contribution in [0, 0.1) is 0 Å². The lowest BCUT2D eigenvalue weighted by Crippen LogP contribution is -2.32. The zero-order chi connectivity index (χ0) is 13.7. The number of methoxy groups -OCH3 is 1. The number of nitrogens with one attached hydrogen (secondary N) is 1. The van der Waals surface area contributed by atoms with Crippen molar-refractivity contribution in [1.29, 1.82) is 0 Å². The average Bonchev–Trinajstić information content (AvgIpc) is 2.38. The molecule has 1 aromatic carbocycles. The Balaban J connectivity index is 2.06. The maximum Gasteiger partial charge on any atom is 0.0737 e. The lowest BCUT2D eigenvalue weighted by molar-refractivity contribution is 0.0830. The molecule has 2 rings (SSSR count). The van der Waals surface area contributed by atoms with Gasteiger partial charge in [0, 0.05) is 7.11 Å². The van der Waals surface area contributed by atoms with E-state index in [9.17, 15) is 0 Å². The van der Waals surface area contributed by atoms with Crippen molar-refractivity contribution >= 4 is 0 Å². The Morgan fingerprint density at radius 2 is 1.95 bits per heavy atom. The molecule has 1 fully saturated rings. The number of hydrogen-bond donors (Lipinski definition) is 1. The normalized spacial score (nSPS) is 18.9. The second kappa shape index (κ2) is 7.06. The fraction of sp³-hybridized carbons (Fsp3) is 0.647. The fourth-order valence-electron chi connectivity index (χ4n) is 2.71. The van der Waals surface area contributed by atoms with Crippen LogP contribution < -0.4 is 5.32 Å². The van der Waals surface area contributed by atoms with Crippen molar-refractivity contribution in [3.05, 3.63) is 35.4 Å². The van der Waals surface area contributed by atoms with Gasteiger partial charge in [-0.1, -0.05) is 37.6 Å². The summed E-state index contributed by atoms with van der Waals surface area (Å²) < 4.78 is 5.51. The number of rotatable bonds is 7. The first-order chi connectivity index (χ1) is 9.26. The van der Waals surface area contributed by atoms with E-state index in [2.05, 4.69) is 43.4 Å². The van der Waals surface area contributed by atoms with Crippen LogP contribution in [0.4, 0.5) is 0 Å². The molecular formula is C17H27NO. The smallest absolute Gasteiger partial charge is 0.0737 e. The van der Waals surface area contributed by atoms with Gasteiger partial charge in [-0.05, 0) is 49.8 Å². The summed E-state index contributed by atoms with van der Waals surface area (Å²) in [4.78, 5) is 0. The molecule has 2 heteroatoms. The number of hydrogen-bond acceptors (Lipinski definition) is 2. The van der Waals surface area contributed by atoms with Gasteiger partial charge in [0.25, 0.3) is 0 Å². The molecule has 0 aliphatic heterocycles. The first-order valence-electron chi connectivity index (χ1n) is 7.62. The summed E-state index contributed by atoms with van der Waals surface area (Å²) in [5, 5.41) is 3.59. The Hall–Kier alpha value is -0.860. The third kappa shape index (κ3) is 3.58. The van der Waals surface area contributed by atoms with Crippen molar-refractivity contribution in [3.63, 3.8) is 0 Å². The van der Waals surface area contributed by atoms with Crippen molar-refractivity contribution in [2.45, 2.75) is 57.6 Å². The second-order valence-electron chi connectivity index (χ2n) is 5.67. The van der Waals surface area contributed by atoms with Crippen LogP contribution in [0.5, 0.6) is 0 Å². The molecule has 1 N–H and O–H groups in total. The van der Waals surface area contributed by atoms with Crippen LogP contribution in [0.25, 0.3) is 0 Å². The molecule has 2 nitrogen and oxygen atoms in total. The van der Waals surface area contributed by atoms with Crippen LogP contribution in [0.1, 0.15) is 62.6 Å². The van der Waals surface area contributed by atoms with Crippen LogP contribution in [-0.4, -0.2) is 19.8 Å². The van der Waals surface area contributed by atoms with Gasteiger partial charge in [-0.25, -0.2) is 0 Å². The monoisotopic (exact) mass is 261 g/mol. The third-order valence-corrected chi connectivity index (χ3v) is 4.33. The highest BCUT2D eigenvalue weighted by atomic mass is 16.5. The van der Waals surface area contributed by atoms with E-state index in [0.29, 0.717) is 6.04 Å². The molecule has 0 bridgehead atoms. The molecule has 0 saturated heterocycles. The first-order valence-corrected chi connectivity index (χ1v) is 7.62. The van der Waals surface area contributed by atoms with E-state index in [-0.39, 0.29) is 6.10 Å². The predicted molar refractivity (Wildman–Crippen MR) is 80.5 cm³/mol. The summed E-state index contributed by atoms with van der Waals surface area (Å²) in [5.74, 6) is 0.816. The Bertz CT molecular complexity index is 369. The molecule has 2 unspecified atom stereocenters. The van der Waals surface area contributed by atoms with Gasteiger partial charge >= 0.3 is 0 Å². The second-order valence-corrected chi connectivity index (χ2v) is 5.67. The lowest BCUT2D eigenvalue weighted by atomic mass is 9.79. The lowest BCUT2D eigenvalue weighted by Gasteiger charge is -2.28. The molecule has 1 aromatic rings. The van der Waals surface area contributed by atoms with Crippen LogP contribution in [0.3, 0.4) is 0 Å². The van der Waals surface area contributed by atoms with Crippen LogP contribution in [-0.2, 0) is 4.74 Å². The minimum atomic E-state index is 0.195. The quantitative estimate of drug-likeness (QED) is 0.800. The topological polar surface area (TPSA) is 21.3 Å². The van der Waals surface area contributed by atoms with Gasteiger partial charge in [0.2, 0.25) is 0 Å². The molecule has 1 aliphatic rings. The molecule has 0 radical (unpaired) electrons. The van der Waals surface area contributed by atoms with Crippen molar-refractivity contribution in [2.75, 3.05) is 13.7 Å². The SMILES string of the molecule is CCCNC(c1ccc(C2CCC2)cc1)C(C)OC. The Morgan fingerprint density at radius 3 is 2.42 bits per heavy atom.